The van der Waals surface area contributed by atoms with E-state index in [4.69, 9.17) is 14.4 Å². The Morgan fingerprint density at radius 2 is 2.47 bits per heavy atom. The van der Waals surface area contributed by atoms with Gasteiger partial charge in [0.1, 0.15) is 6.61 Å². The first-order chi connectivity index (χ1) is 8.15. The molecule has 1 saturated carbocycles. The van der Waals surface area contributed by atoms with E-state index in [2.05, 4.69) is 12.1 Å². The van der Waals surface area contributed by atoms with Crippen LogP contribution in [0.2, 0.25) is 0 Å². The lowest BCUT2D eigenvalue weighted by Gasteiger charge is -2.26. The zero-order chi connectivity index (χ0) is 12.3. The summed E-state index contributed by atoms with van der Waals surface area (Å²) in [7, 11) is 0. The second-order valence-corrected chi connectivity index (χ2v) is 4.69. The van der Waals surface area contributed by atoms with Crippen molar-refractivity contribution in [3.8, 4) is 0 Å². The van der Waals surface area contributed by atoms with Crippen molar-refractivity contribution < 1.29 is 19.2 Å². The van der Waals surface area contributed by atoms with E-state index in [0.29, 0.717) is 18.3 Å². The van der Waals surface area contributed by atoms with Crippen LogP contribution in [0.3, 0.4) is 0 Å². The second kappa shape index (κ2) is 5.31. The van der Waals surface area contributed by atoms with Crippen LogP contribution in [-0.4, -0.2) is 22.3 Å². The Morgan fingerprint density at radius 3 is 3.12 bits per heavy atom. The number of hydrogen-bond donors (Lipinski definition) is 1. The molecule has 2 atom stereocenters. The maximum atomic E-state index is 10.6. The van der Waals surface area contributed by atoms with Crippen LogP contribution >= 0.6 is 0 Å². The summed E-state index contributed by atoms with van der Waals surface area (Å²) in [5, 5.41) is 12.1. The summed E-state index contributed by atoms with van der Waals surface area (Å²) in [5.41, 5.74) is -0.0689. The number of ether oxygens (including phenoxy) is 1. The van der Waals surface area contributed by atoms with E-state index in [1.165, 1.54) is 18.9 Å². The minimum absolute atomic E-state index is 0.0689. The van der Waals surface area contributed by atoms with Crippen molar-refractivity contribution >= 4 is 5.97 Å². The number of aromatic nitrogens is 1. The van der Waals surface area contributed by atoms with Crippen LogP contribution in [0.25, 0.3) is 0 Å². The maximum Gasteiger partial charge on any atom is 0.358 e. The van der Waals surface area contributed by atoms with Crippen LogP contribution in [-0.2, 0) is 11.3 Å². The van der Waals surface area contributed by atoms with Crippen molar-refractivity contribution in [1.82, 2.24) is 5.16 Å². The quantitative estimate of drug-likeness (QED) is 0.873. The van der Waals surface area contributed by atoms with E-state index in [9.17, 15) is 4.79 Å². The molecule has 2 rings (SSSR count). The summed E-state index contributed by atoms with van der Waals surface area (Å²) in [6, 6.07) is 1.41. The van der Waals surface area contributed by atoms with E-state index in [0.717, 1.165) is 12.8 Å². The summed E-state index contributed by atoms with van der Waals surface area (Å²) in [5.74, 6) is 0.102. The SMILES string of the molecule is CC1CCCC(OCc2cc(C(=O)O)no2)C1. The standard InChI is InChI=1S/C12H17NO4/c1-8-3-2-4-9(5-8)16-7-10-6-11(12(14)15)13-17-10/h6,8-9H,2-5,7H2,1H3,(H,14,15). The predicted molar refractivity (Wildman–Crippen MR) is 59.7 cm³/mol. The molecule has 1 fully saturated rings. The van der Waals surface area contributed by atoms with Gasteiger partial charge in [-0.1, -0.05) is 24.9 Å². The molecule has 0 radical (unpaired) electrons. The number of carboxylic acid groups (broad SMARTS) is 1. The highest BCUT2D eigenvalue weighted by atomic mass is 16.5. The number of hydrogen-bond acceptors (Lipinski definition) is 4. The van der Waals surface area contributed by atoms with Gasteiger partial charge in [0.2, 0.25) is 0 Å². The third-order valence-corrected chi connectivity index (χ3v) is 3.13. The molecule has 1 aliphatic carbocycles. The first-order valence-electron chi connectivity index (χ1n) is 5.95. The largest absolute Gasteiger partial charge is 0.476 e. The van der Waals surface area contributed by atoms with Gasteiger partial charge in [-0.25, -0.2) is 4.79 Å². The highest BCUT2D eigenvalue weighted by Crippen LogP contribution is 2.26. The van der Waals surface area contributed by atoms with Crippen LogP contribution in [0.4, 0.5) is 0 Å². The Hall–Kier alpha value is -1.36. The number of carboxylic acids is 1. The molecule has 1 aromatic rings. The van der Waals surface area contributed by atoms with Crippen molar-refractivity contribution in [3.63, 3.8) is 0 Å². The van der Waals surface area contributed by atoms with Gasteiger partial charge in [-0.15, -0.1) is 0 Å². The highest BCUT2D eigenvalue weighted by molar-refractivity contribution is 5.85. The van der Waals surface area contributed by atoms with Gasteiger partial charge in [0.05, 0.1) is 6.10 Å². The van der Waals surface area contributed by atoms with Crippen LogP contribution in [0, 0.1) is 5.92 Å². The Kier molecular flexibility index (Phi) is 3.78. The third-order valence-electron chi connectivity index (χ3n) is 3.13. The predicted octanol–water partition coefficient (Wildman–Crippen LogP) is 2.47. The molecule has 1 aromatic heterocycles. The van der Waals surface area contributed by atoms with E-state index in [-0.39, 0.29) is 11.8 Å². The van der Waals surface area contributed by atoms with Gasteiger partial charge in [0.15, 0.2) is 11.5 Å². The molecular weight excluding hydrogens is 222 g/mol. The van der Waals surface area contributed by atoms with Crippen molar-refractivity contribution in [2.75, 3.05) is 0 Å². The number of aromatic carboxylic acids is 1. The van der Waals surface area contributed by atoms with E-state index in [1.807, 2.05) is 0 Å². The van der Waals surface area contributed by atoms with Crippen molar-refractivity contribution in [1.29, 1.82) is 0 Å². The van der Waals surface area contributed by atoms with Gasteiger partial charge in [0.25, 0.3) is 0 Å². The molecule has 17 heavy (non-hydrogen) atoms. The normalized spacial score (nSPS) is 24.8. The molecule has 1 heterocycles. The molecule has 5 heteroatoms. The van der Waals surface area contributed by atoms with Crippen LogP contribution in [0.5, 0.6) is 0 Å². The molecule has 2 unspecified atom stereocenters. The fraction of sp³-hybridized carbons (Fsp3) is 0.667. The van der Waals surface area contributed by atoms with Gasteiger partial charge in [-0.05, 0) is 18.8 Å². The van der Waals surface area contributed by atoms with Crippen molar-refractivity contribution in [3.05, 3.63) is 17.5 Å². The Labute approximate surface area is 99.7 Å². The zero-order valence-electron chi connectivity index (χ0n) is 9.89. The number of carbonyl (C=O) groups is 1. The maximum absolute atomic E-state index is 10.6. The molecule has 0 aliphatic heterocycles. The minimum atomic E-state index is -1.08. The number of rotatable bonds is 4. The van der Waals surface area contributed by atoms with Gasteiger partial charge in [-0.2, -0.15) is 0 Å². The fourth-order valence-electron chi connectivity index (χ4n) is 2.21. The van der Waals surface area contributed by atoms with E-state index in [1.54, 1.807) is 0 Å². The van der Waals surface area contributed by atoms with Crippen molar-refractivity contribution in [2.45, 2.75) is 45.3 Å². The summed E-state index contributed by atoms with van der Waals surface area (Å²) in [6.45, 7) is 2.53. The summed E-state index contributed by atoms with van der Waals surface area (Å²) >= 11 is 0. The van der Waals surface area contributed by atoms with E-state index < -0.39 is 5.97 Å². The molecule has 0 aromatic carbocycles. The Balaban J connectivity index is 1.82. The summed E-state index contributed by atoms with van der Waals surface area (Å²) in [6.07, 6.45) is 4.87. The minimum Gasteiger partial charge on any atom is -0.476 e. The Bertz CT molecular complexity index is 388. The van der Waals surface area contributed by atoms with Crippen LogP contribution < -0.4 is 0 Å². The van der Waals surface area contributed by atoms with Gasteiger partial charge < -0.3 is 14.4 Å². The molecule has 94 valence electrons. The van der Waals surface area contributed by atoms with E-state index >= 15 is 0 Å². The van der Waals surface area contributed by atoms with Crippen molar-refractivity contribution in [2.24, 2.45) is 5.92 Å². The Morgan fingerprint density at radius 1 is 1.65 bits per heavy atom. The lowest BCUT2D eigenvalue weighted by molar-refractivity contribution is -0.00450. The molecular formula is C12H17NO4. The van der Waals surface area contributed by atoms with Gasteiger partial charge in [-0.3, -0.25) is 0 Å². The molecule has 0 amide bonds. The average Bonchev–Trinajstić information content (AvgIpc) is 2.75. The lowest BCUT2D eigenvalue weighted by Crippen LogP contribution is -2.21. The molecule has 1 N–H and O–H groups in total. The van der Waals surface area contributed by atoms with Crippen LogP contribution in [0.15, 0.2) is 10.6 Å². The number of nitrogens with zero attached hydrogens (tertiary/aromatic N) is 1. The smallest absolute Gasteiger partial charge is 0.358 e. The molecule has 1 aliphatic rings. The lowest BCUT2D eigenvalue weighted by atomic mass is 9.89. The monoisotopic (exact) mass is 239 g/mol. The second-order valence-electron chi connectivity index (χ2n) is 4.69. The third kappa shape index (κ3) is 3.30. The average molecular weight is 239 g/mol. The first kappa shape index (κ1) is 12.1. The summed E-state index contributed by atoms with van der Waals surface area (Å²) in [4.78, 5) is 10.6. The first-order valence-corrected chi connectivity index (χ1v) is 5.95. The molecule has 0 saturated heterocycles. The fourth-order valence-corrected chi connectivity index (χ4v) is 2.21. The highest BCUT2D eigenvalue weighted by Gasteiger charge is 2.20. The molecule has 0 spiro atoms. The topological polar surface area (TPSA) is 72.6 Å². The zero-order valence-corrected chi connectivity index (χ0v) is 9.89. The molecule has 0 bridgehead atoms. The van der Waals surface area contributed by atoms with Gasteiger partial charge in [0, 0.05) is 6.07 Å². The van der Waals surface area contributed by atoms with Gasteiger partial charge >= 0.3 is 5.97 Å². The molecule has 5 nitrogen and oxygen atoms in total. The summed E-state index contributed by atoms with van der Waals surface area (Å²) < 4.78 is 10.6. The van der Waals surface area contributed by atoms with Crippen LogP contribution in [0.1, 0.15) is 48.9 Å².